The minimum atomic E-state index is -0.602. The fraction of sp³-hybridized carbons (Fsp3) is 0.0769. The summed E-state index contributed by atoms with van der Waals surface area (Å²) in [6.07, 6.45) is 0. The number of anilines is 1. The van der Waals surface area contributed by atoms with Crippen LogP contribution in [-0.2, 0) is 9.53 Å². The highest BCUT2D eigenvalue weighted by atomic mass is 16.5. The molecular formula is C26H19N3O3. The third kappa shape index (κ3) is 4.63. The lowest BCUT2D eigenvalue weighted by molar-refractivity contribution is -0.119. The molecule has 1 heterocycles. The van der Waals surface area contributed by atoms with E-state index < -0.39 is 18.5 Å². The largest absolute Gasteiger partial charge is 0.452 e. The molecule has 0 atom stereocenters. The van der Waals surface area contributed by atoms with Crippen molar-refractivity contribution in [2.75, 3.05) is 11.9 Å². The van der Waals surface area contributed by atoms with Crippen molar-refractivity contribution in [3.63, 3.8) is 0 Å². The predicted molar refractivity (Wildman–Crippen MR) is 122 cm³/mol. The zero-order valence-electron chi connectivity index (χ0n) is 17.3. The Hall–Kier alpha value is -4.50. The maximum absolute atomic E-state index is 12.9. The lowest BCUT2D eigenvalue weighted by atomic mass is 10.0. The number of amides is 1. The van der Waals surface area contributed by atoms with Gasteiger partial charge in [-0.2, -0.15) is 5.26 Å². The van der Waals surface area contributed by atoms with Gasteiger partial charge in [0, 0.05) is 16.6 Å². The van der Waals surface area contributed by atoms with Crippen molar-refractivity contribution in [3.8, 4) is 17.3 Å². The van der Waals surface area contributed by atoms with E-state index in [1.807, 2.05) is 61.5 Å². The van der Waals surface area contributed by atoms with E-state index in [2.05, 4.69) is 10.3 Å². The third-order valence-corrected chi connectivity index (χ3v) is 4.89. The first kappa shape index (κ1) is 20.8. The molecular weight excluding hydrogens is 402 g/mol. The van der Waals surface area contributed by atoms with Crippen LogP contribution in [0, 0.1) is 18.3 Å². The van der Waals surface area contributed by atoms with Crippen LogP contribution < -0.4 is 5.32 Å². The van der Waals surface area contributed by atoms with Crippen LogP contribution in [0.3, 0.4) is 0 Å². The first-order valence-electron chi connectivity index (χ1n) is 9.97. The van der Waals surface area contributed by atoms with Gasteiger partial charge in [-0.3, -0.25) is 4.79 Å². The number of nitrogens with one attached hydrogen (secondary N) is 1. The molecule has 156 valence electrons. The smallest absolute Gasteiger partial charge is 0.339 e. The molecule has 1 N–H and O–H groups in total. The zero-order chi connectivity index (χ0) is 22.5. The van der Waals surface area contributed by atoms with E-state index in [4.69, 9.17) is 10.00 Å². The van der Waals surface area contributed by atoms with Crippen LogP contribution in [0.25, 0.3) is 22.2 Å². The maximum Gasteiger partial charge on any atom is 0.339 e. The number of fused-ring (bicyclic) bond motifs is 1. The number of nitrogens with zero attached hydrogens (tertiary/aromatic N) is 2. The molecule has 0 saturated heterocycles. The van der Waals surface area contributed by atoms with Gasteiger partial charge in [-0.1, -0.05) is 42.0 Å². The monoisotopic (exact) mass is 421 g/mol. The summed E-state index contributed by atoms with van der Waals surface area (Å²) in [5, 5.41) is 12.2. The summed E-state index contributed by atoms with van der Waals surface area (Å²) in [6.45, 7) is 1.50. The van der Waals surface area contributed by atoms with Gasteiger partial charge in [0.2, 0.25) is 0 Å². The van der Waals surface area contributed by atoms with Crippen molar-refractivity contribution in [1.29, 1.82) is 5.26 Å². The maximum atomic E-state index is 12.9. The van der Waals surface area contributed by atoms with E-state index >= 15 is 0 Å². The van der Waals surface area contributed by atoms with Crippen molar-refractivity contribution < 1.29 is 14.3 Å². The number of esters is 1. The first-order chi connectivity index (χ1) is 15.5. The Morgan fingerprint density at radius 3 is 2.47 bits per heavy atom. The van der Waals surface area contributed by atoms with Gasteiger partial charge in [0.05, 0.1) is 28.4 Å². The highest BCUT2D eigenvalue weighted by Gasteiger charge is 2.17. The molecule has 1 aromatic heterocycles. The molecule has 0 unspecified atom stereocenters. The normalized spacial score (nSPS) is 10.4. The summed E-state index contributed by atoms with van der Waals surface area (Å²) in [5.41, 5.74) is 4.54. The Bertz CT molecular complexity index is 1340. The molecule has 6 nitrogen and oxygen atoms in total. The highest BCUT2D eigenvalue weighted by Crippen LogP contribution is 2.26. The summed E-state index contributed by atoms with van der Waals surface area (Å²) in [6, 6.07) is 25.4. The van der Waals surface area contributed by atoms with E-state index in [0.717, 1.165) is 11.1 Å². The fourth-order valence-corrected chi connectivity index (χ4v) is 3.30. The standard InChI is InChI=1S/C26H19N3O3/c1-17-7-12-23-21(13-17)22(14-24(29-23)19-5-3-2-4-6-19)26(31)32-16-25(30)28-20-10-8-18(15-27)9-11-20/h2-14H,16H2,1H3,(H,28,30). The molecule has 0 aliphatic carbocycles. The fourth-order valence-electron chi connectivity index (χ4n) is 3.30. The molecule has 0 aliphatic heterocycles. The van der Waals surface area contributed by atoms with Crippen LogP contribution in [-0.4, -0.2) is 23.5 Å². The van der Waals surface area contributed by atoms with Crippen LogP contribution in [0.1, 0.15) is 21.5 Å². The number of benzene rings is 3. The van der Waals surface area contributed by atoms with E-state index in [-0.39, 0.29) is 0 Å². The van der Waals surface area contributed by atoms with Crippen LogP contribution in [0.5, 0.6) is 0 Å². The van der Waals surface area contributed by atoms with Crippen molar-refractivity contribution >= 4 is 28.5 Å². The summed E-state index contributed by atoms with van der Waals surface area (Å²) < 4.78 is 5.31. The van der Waals surface area contributed by atoms with Crippen LogP contribution >= 0.6 is 0 Å². The molecule has 0 spiro atoms. The van der Waals surface area contributed by atoms with Crippen molar-refractivity contribution in [2.45, 2.75) is 6.92 Å². The number of carbonyl (C=O) groups excluding carboxylic acids is 2. The van der Waals surface area contributed by atoms with Gasteiger partial charge >= 0.3 is 5.97 Å². The lowest BCUT2D eigenvalue weighted by Gasteiger charge is -2.11. The summed E-state index contributed by atoms with van der Waals surface area (Å²) >= 11 is 0. The number of hydrogen-bond acceptors (Lipinski definition) is 5. The Morgan fingerprint density at radius 1 is 1.00 bits per heavy atom. The van der Waals surface area contributed by atoms with Crippen LogP contribution in [0.4, 0.5) is 5.69 Å². The van der Waals surface area contributed by atoms with Crippen molar-refractivity contribution in [1.82, 2.24) is 4.98 Å². The summed E-state index contributed by atoms with van der Waals surface area (Å²) in [5.74, 6) is -1.07. The minimum absolute atomic E-state index is 0.351. The van der Waals surface area contributed by atoms with E-state index in [9.17, 15) is 9.59 Å². The average Bonchev–Trinajstić information content (AvgIpc) is 2.83. The Balaban J connectivity index is 1.56. The second-order valence-corrected chi connectivity index (χ2v) is 7.26. The topological polar surface area (TPSA) is 92.1 Å². The highest BCUT2D eigenvalue weighted by molar-refractivity contribution is 6.05. The Kier molecular flexibility index (Phi) is 5.91. The molecule has 4 rings (SSSR count). The molecule has 1 amide bonds. The van der Waals surface area contributed by atoms with Gasteiger partial charge in [0.15, 0.2) is 6.61 Å². The summed E-state index contributed by atoms with van der Waals surface area (Å²) in [7, 11) is 0. The second-order valence-electron chi connectivity index (χ2n) is 7.26. The number of pyridine rings is 1. The zero-order valence-corrected chi connectivity index (χ0v) is 17.3. The van der Waals surface area contributed by atoms with Crippen LogP contribution in [0.2, 0.25) is 0 Å². The molecule has 0 fully saturated rings. The molecule has 0 aliphatic rings. The number of nitriles is 1. The molecule has 4 aromatic rings. The quantitative estimate of drug-likeness (QED) is 0.464. The molecule has 6 heteroatoms. The van der Waals surface area contributed by atoms with Gasteiger partial charge in [0.1, 0.15) is 0 Å². The predicted octanol–water partition coefficient (Wildman–Crippen LogP) is 4.88. The Morgan fingerprint density at radius 2 is 1.75 bits per heavy atom. The van der Waals surface area contributed by atoms with Gasteiger partial charge < -0.3 is 10.1 Å². The molecule has 0 bridgehead atoms. The minimum Gasteiger partial charge on any atom is -0.452 e. The van der Waals surface area contributed by atoms with Crippen LogP contribution in [0.15, 0.2) is 78.9 Å². The second kappa shape index (κ2) is 9.11. The summed E-state index contributed by atoms with van der Waals surface area (Å²) in [4.78, 5) is 29.9. The molecule has 32 heavy (non-hydrogen) atoms. The number of rotatable bonds is 5. The number of aromatic nitrogens is 1. The van der Waals surface area contributed by atoms with E-state index in [1.54, 1.807) is 30.3 Å². The number of aryl methyl sites for hydroxylation is 1. The number of ether oxygens (including phenoxy) is 1. The molecule has 0 radical (unpaired) electrons. The Labute approximate surface area is 185 Å². The van der Waals surface area contributed by atoms with Gasteiger partial charge in [-0.15, -0.1) is 0 Å². The lowest BCUT2D eigenvalue weighted by Crippen LogP contribution is -2.21. The SMILES string of the molecule is Cc1ccc2nc(-c3ccccc3)cc(C(=O)OCC(=O)Nc3ccc(C#N)cc3)c2c1. The molecule has 3 aromatic carbocycles. The van der Waals surface area contributed by atoms with Gasteiger partial charge in [-0.05, 0) is 49.4 Å². The van der Waals surface area contributed by atoms with Crippen molar-refractivity contribution in [3.05, 3.63) is 95.6 Å². The van der Waals surface area contributed by atoms with Crippen molar-refractivity contribution in [2.24, 2.45) is 0 Å². The number of carbonyl (C=O) groups is 2. The first-order valence-corrected chi connectivity index (χ1v) is 9.97. The number of hydrogen-bond donors (Lipinski definition) is 1. The van der Waals surface area contributed by atoms with E-state index in [0.29, 0.717) is 33.4 Å². The average molecular weight is 421 g/mol. The van der Waals surface area contributed by atoms with Gasteiger partial charge in [-0.25, -0.2) is 9.78 Å². The third-order valence-electron chi connectivity index (χ3n) is 4.89. The molecule has 0 saturated carbocycles. The van der Waals surface area contributed by atoms with E-state index in [1.165, 1.54) is 0 Å². The van der Waals surface area contributed by atoms with Gasteiger partial charge in [0.25, 0.3) is 5.91 Å².